The third kappa shape index (κ3) is 2.98. The highest BCUT2D eigenvalue weighted by Crippen LogP contribution is 2.27. The second-order valence-electron chi connectivity index (χ2n) is 3.85. The van der Waals surface area contributed by atoms with E-state index >= 15 is 0 Å². The molecule has 0 aliphatic carbocycles. The van der Waals surface area contributed by atoms with Crippen molar-refractivity contribution in [2.75, 3.05) is 17.7 Å². The average molecular weight is 329 g/mol. The summed E-state index contributed by atoms with van der Waals surface area (Å²) in [6.07, 6.45) is 1.06. The van der Waals surface area contributed by atoms with E-state index in [9.17, 15) is 8.78 Å². The first kappa shape index (κ1) is 13.7. The first-order valence-electron chi connectivity index (χ1n) is 5.44. The Morgan fingerprint density at radius 2 is 1.95 bits per heavy atom. The monoisotopic (exact) mass is 328 g/mol. The second-order valence-corrected chi connectivity index (χ2v) is 4.70. The molecule has 1 aromatic heterocycles. The van der Waals surface area contributed by atoms with Crippen LogP contribution >= 0.6 is 15.9 Å². The van der Waals surface area contributed by atoms with E-state index in [2.05, 4.69) is 36.5 Å². The van der Waals surface area contributed by atoms with Crippen LogP contribution in [0.2, 0.25) is 0 Å². The van der Waals surface area contributed by atoms with Crippen molar-refractivity contribution in [2.24, 2.45) is 0 Å². The number of anilines is 3. The molecule has 0 fully saturated rings. The minimum absolute atomic E-state index is 0.0287. The number of nitrogens with one attached hydrogen (secondary N) is 2. The van der Waals surface area contributed by atoms with Crippen molar-refractivity contribution in [3.8, 4) is 0 Å². The zero-order valence-electron chi connectivity index (χ0n) is 10.3. The molecule has 0 aliphatic heterocycles. The Kier molecular flexibility index (Phi) is 3.94. The lowest BCUT2D eigenvalue weighted by molar-refractivity contribution is 0.618. The lowest BCUT2D eigenvalue weighted by atomic mass is 10.2. The number of hydrogen-bond donors (Lipinski definition) is 2. The SMILES string of the molecule is CNc1ncc(F)c(Nc2cc(Br)c(F)cc2C)n1. The lowest BCUT2D eigenvalue weighted by Crippen LogP contribution is -2.04. The molecule has 19 heavy (non-hydrogen) atoms. The van der Waals surface area contributed by atoms with Gasteiger partial charge in [0.2, 0.25) is 5.95 Å². The molecule has 2 rings (SSSR count). The molecule has 0 saturated heterocycles. The van der Waals surface area contributed by atoms with Crippen molar-refractivity contribution < 1.29 is 8.78 Å². The quantitative estimate of drug-likeness (QED) is 0.903. The molecule has 2 aromatic rings. The van der Waals surface area contributed by atoms with Crippen molar-refractivity contribution in [1.29, 1.82) is 0 Å². The molecule has 7 heteroatoms. The van der Waals surface area contributed by atoms with Crippen molar-refractivity contribution in [2.45, 2.75) is 6.92 Å². The number of aryl methyl sites for hydroxylation is 1. The number of benzene rings is 1. The van der Waals surface area contributed by atoms with E-state index in [1.807, 2.05) is 0 Å². The molecule has 0 saturated carbocycles. The third-order valence-electron chi connectivity index (χ3n) is 2.49. The minimum Gasteiger partial charge on any atom is -0.357 e. The molecule has 0 bridgehead atoms. The molecular weight excluding hydrogens is 318 g/mol. The largest absolute Gasteiger partial charge is 0.357 e. The first-order valence-corrected chi connectivity index (χ1v) is 6.23. The molecule has 0 aliphatic rings. The molecule has 1 aromatic carbocycles. The van der Waals surface area contributed by atoms with Crippen LogP contribution < -0.4 is 10.6 Å². The highest BCUT2D eigenvalue weighted by molar-refractivity contribution is 9.10. The maximum atomic E-state index is 13.6. The number of nitrogens with zero attached hydrogens (tertiary/aromatic N) is 2. The Morgan fingerprint density at radius 3 is 2.63 bits per heavy atom. The normalized spacial score (nSPS) is 10.4. The van der Waals surface area contributed by atoms with Gasteiger partial charge in [-0.2, -0.15) is 4.98 Å². The molecule has 0 unspecified atom stereocenters. The highest BCUT2D eigenvalue weighted by atomic mass is 79.9. The highest BCUT2D eigenvalue weighted by Gasteiger charge is 2.10. The summed E-state index contributed by atoms with van der Waals surface area (Å²) in [6, 6.07) is 2.88. The Bertz CT molecular complexity index is 619. The second kappa shape index (κ2) is 5.48. The van der Waals surface area contributed by atoms with Gasteiger partial charge in [0, 0.05) is 12.7 Å². The van der Waals surface area contributed by atoms with Crippen LogP contribution in [-0.4, -0.2) is 17.0 Å². The van der Waals surface area contributed by atoms with Gasteiger partial charge in [0.05, 0.1) is 10.7 Å². The van der Waals surface area contributed by atoms with Crippen molar-refractivity contribution in [1.82, 2.24) is 9.97 Å². The zero-order valence-corrected chi connectivity index (χ0v) is 11.8. The fourth-order valence-electron chi connectivity index (χ4n) is 1.48. The topological polar surface area (TPSA) is 49.8 Å². The maximum Gasteiger partial charge on any atom is 0.224 e. The Hall–Kier alpha value is -1.76. The summed E-state index contributed by atoms with van der Waals surface area (Å²) in [7, 11) is 1.64. The van der Waals surface area contributed by atoms with E-state index in [0.717, 1.165) is 6.20 Å². The van der Waals surface area contributed by atoms with Crippen LogP contribution in [0.15, 0.2) is 22.8 Å². The molecule has 0 atom stereocenters. The van der Waals surface area contributed by atoms with Gasteiger partial charge in [-0.15, -0.1) is 0 Å². The van der Waals surface area contributed by atoms with Gasteiger partial charge >= 0.3 is 0 Å². The standard InChI is InChI=1S/C12H11BrF2N4/c1-6-3-8(14)7(13)4-10(6)18-11-9(15)5-17-12(16-2)19-11/h3-5H,1-2H3,(H2,16,17,18,19). The van der Waals surface area contributed by atoms with E-state index in [1.54, 1.807) is 14.0 Å². The molecule has 0 amide bonds. The van der Waals surface area contributed by atoms with Crippen LogP contribution in [0.3, 0.4) is 0 Å². The molecule has 1 heterocycles. The fourth-order valence-corrected chi connectivity index (χ4v) is 1.83. The van der Waals surface area contributed by atoms with Gasteiger partial charge < -0.3 is 10.6 Å². The van der Waals surface area contributed by atoms with Gasteiger partial charge in [-0.1, -0.05) is 0 Å². The first-order chi connectivity index (χ1) is 9.01. The predicted octanol–water partition coefficient (Wildman–Crippen LogP) is 3.61. The van der Waals surface area contributed by atoms with E-state index < -0.39 is 5.82 Å². The smallest absolute Gasteiger partial charge is 0.224 e. The molecule has 0 radical (unpaired) electrons. The summed E-state index contributed by atoms with van der Waals surface area (Å²) in [5, 5.41) is 5.54. The van der Waals surface area contributed by atoms with Crippen molar-refractivity contribution >= 4 is 33.4 Å². The summed E-state index contributed by atoms with van der Waals surface area (Å²) >= 11 is 3.09. The van der Waals surface area contributed by atoms with E-state index in [1.165, 1.54) is 12.1 Å². The third-order valence-corrected chi connectivity index (χ3v) is 3.10. The lowest BCUT2D eigenvalue weighted by Gasteiger charge is -2.11. The van der Waals surface area contributed by atoms with Gasteiger partial charge in [-0.3, -0.25) is 0 Å². The molecule has 2 N–H and O–H groups in total. The Balaban J connectivity index is 2.38. The summed E-state index contributed by atoms with van der Waals surface area (Å²) in [4.78, 5) is 7.71. The molecule has 0 spiro atoms. The summed E-state index contributed by atoms with van der Waals surface area (Å²) in [6.45, 7) is 1.72. The summed E-state index contributed by atoms with van der Waals surface area (Å²) < 4.78 is 27.2. The molecular formula is C12H11BrF2N4. The van der Waals surface area contributed by atoms with Crippen molar-refractivity contribution in [3.63, 3.8) is 0 Å². The average Bonchev–Trinajstić information content (AvgIpc) is 2.38. The minimum atomic E-state index is -0.584. The fraction of sp³-hybridized carbons (Fsp3) is 0.167. The number of halogens is 3. The van der Waals surface area contributed by atoms with Gasteiger partial charge in [-0.25, -0.2) is 13.8 Å². The van der Waals surface area contributed by atoms with Crippen LogP contribution in [0.5, 0.6) is 0 Å². The maximum absolute atomic E-state index is 13.6. The molecule has 100 valence electrons. The number of aromatic nitrogens is 2. The summed E-state index contributed by atoms with van der Waals surface area (Å²) in [5.41, 5.74) is 1.21. The van der Waals surface area contributed by atoms with Crippen LogP contribution in [-0.2, 0) is 0 Å². The zero-order chi connectivity index (χ0) is 14.0. The Morgan fingerprint density at radius 1 is 1.21 bits per heavy atom. The van der Waals surface area contributed by atoms with Gasteiger partial charge in [-0.05, 0) is 40.5 Å². The summed E-state index contributed by atoms with van der Waals surface area (Å²) in [5.74, 6) is -0.635. The van der Waals surface area contributed by atoms with Crippen LogP contribution in [0.1, 0.15) is 5.56 Å². The van der Waals surface area contributed by atoms with E-state index in [0.29, 0.717) is 21.7 Å². The Labute approximate surface area is 117 Å². The molecule has 4 nitrogen and oxygen atoms in total. The van der Waals surface area contributed by atoms with E-state index in [4.69, 9.17) is 0 Å². The van der Waals surface area contributed by atoms with Gasteiger partial charge in [0.1, 0.15) is 5.82 Å². The predicted molar refractivity (Wildman–Crippen MR) is 73.7 cm³/mol. The van der Waals surface area contributed by atoms with Crippen LogP contribution in [0.4, 0.5) is 26.2 Å². The number of rotatable bonds is 3. The van der Waals surface area contributed by atoms with Crippen molar-refractivity contribution in [3.05, 3.63) is 40.0 Å². The van der Waals surface area contributed by atoms with Crippen LogP contribution in [0, 0.1) is 18.6 Å². The van der Waals surface area contributed by atoms with Gasteiger partial charge in [0.15, 0.2) is 11.6 Å². The number of hydrogen-bond acceptors (Lipinski definition) is 4. The van der Waals surface area contributed by atoms with Crippen LogP contribution in [0.25, 0.3) is 0 Å². The van der Waals surface area contributed by atoms with E-state index in [-0.39, 0.29) is 11.6 Å². The van der Waals surface area contributed by atoms with Gasteiger partial charge in [0.25, 0.3) is 0 Å².